The van der Waals surface area contributed by atoms with Crippen LogP contribution >= 0.6 is 11.6 Å². The van der Waals surface area contributed by atoms with Crippen molar-refractivity contribution < 1.29 is 4.79 Å². The topological polar surface area (TPSA) is 17.1 Å². The molecule has 1 nitrogen and oxygen atoms in total. The maximum Gasteiger partial charge on any atom is 0.152 e. The first-order valence-electron chi connectivity index (χ1n) is 4.04. The quantitative estimate of drug-likeness (QED) is 0.661. The molecule has 0 aromatic heterocycles. The number of carbonyl (C=O) groups is 1. The second kappa shape index (κ2) is 4.24. The number of allylic oxidation sites excluding steroid dienone is 1. The molecule has 1 aromatic carbocycles. The largest absolute Gasteiger partial charge is 0.295 e. The maximum atomic E-state index is 10.7. The van der Waals surface area contributed by atoms with Gasteiger partial charge in [0, 0.05) is 5.02 Å². The van der Waals surface area contributed by atoms with Crippen molar-refractivity contribution in [3.8, 4) is 0 Å². The molecule has 1 aromatic rings. The maximum absolute atomic E-state index is 10.7. The van der Waals surface area contributed by atoms with Crippen LogP contribution in [0.3, 0.4) is 0 Å². The molecule has 0 saturated heterocycles. The molecule has 0 aliphatic carbocycles. The van der Waals surface area contributed by atoms with Crippen molar-refractivity contribution in [1.82, 2.24) is 0 Å². The molecule has 0 aliphatic heterocycles. The number of carbonyl (C=O) groups excluding carboxylic acids is 1. The minimum absolute atomic E-state index is 0.0503. The summed E-state index contributed by atoms with van der Waals surface area (Å²) in [5.41, 5.74) is 2.10. The smallest absolute Gasteiger partial charge is 0.152 e. The number of hydrogen-bond acceptors (Lipinski definition) is 1. The summed E-state index contributed by atoms with van der Waals surface area (Å²) >= 11 is 5.79. The van der Waals surface area contributed by atoms with E-state index >= 15 is 0 Å². The first-order valence-corrected chi connectivity index (χ1v) is 4.42. The van der Waals surface area contributed by atoms with Gasteiger partial charge in [-0.1, -0.05) is 23.7 Å². The molecule has 0 aliphatic rings. The van der Waals surface area contributed by atoms with Crippen LogP contribution in [0.1, 0.15) is 18.1 Å². The Hall–Kier alpha value is -1.08. The zero-order valence-corrected chi connectivity index (χ0v) is 8.43. The molecular weight excluding hydrogens is 184 g/mol. The van der Waals surface area contributed by atoms with Gasteiger partial charge in [0.25, 0.3) is 0 Å². The van der Waals surface area contributed by atoms with Gasteiger partial charge in [-0.05, 0) is 43.2 Å². The third-order valence-electron chi connectivity index (χ3n) is 1.73. The van der Waals surface area contributed by atoms with Gasteiger partial charge in [0.1, 0.15) is 0 Å². The molecule has 0 amide bonds. The molecule has 0 saturated carbocycles. The van der Waals surface area contributed by atoms with Crippen molar-refractivity contribution >= 4 is 23.5 Å². The van der Waals surface area contributed by atoms with E-state index in [9.17, 15) is 4.79 Å². The summed E-state index contributed by atoms with van der Waals surface area (Å²) in [6.45, 7) is 3.49. The lowest BCUT2D eigenvalue weighted by molar-refractivity contribution is -0.112. The van der Waals surface area contributed by atoms with Gasteiger partial charge < -0.3 is 0 Å². The molecular formula is C11H11ClO. The number of halogens is 1. The lowest BCUT2D eigenvalue weighted by Crippen LogP contribution is -1.83. The Morgan fingerprint density at radius 1 is 1.46 bits per heavy atom. The fourth-order valence-corrected chi connectivity index (χ4v) is 1.26. The predicted octanol–water partition coefficient (Wildman–Crippen LogP) is 3.25. The minimum Gasteiger partial charge on any atom is -0.295 e. The molecule has 13 heavy (non-hydrogen) atoms. The summed E-state index contributed by atoms with van der Waals surface area (Å²) in [5.74, 6) is 0.0503. The van der Waals surface area contributed by atoms with Crippen molar-refractivity contribution in [2.45, 2.75) is 13.8 Å². The van der Waals surface area contributed by atoms with Crippen LogP contribution in [0.5, 0.6) is 0 Å². The Balaban J connectivity index is 2.96. The highest BCUT2D eigenvalue weighted by atomic mass is 35.5. The molecule has 0 radical (unpaired) electrons. The van der Waals surface area contributed by atoms with Crippen molar-refractivity contribution in [2.75, 3.05) is 0 Å². The lowest BCUT2D eigenvalue weighted by atomic mass is 10.1. The number of aryl methyl sites for hydroxylation is 1. The highest BCUT2D eigenvalue weighted by molar-refractivity contribution is 6.30. The average Bonchev–Trinajstić information content (AvgIpc) is 2.02. The van der Waals surface area contributed by atoms with E-state index in [0.717, 1.165) is 16.1 Å². The van der Waals surface area contributed by atoms with Gasteiger partial charge in [0.2, 0.25) is 0 Å². The van der Waals surface area contributed by atoms with Gasteiger partial charge in [-0.2, -0.15) is 0 Å². The zero-order valence-electron chi connectivity index (χ0n) is 7.67. The summed E-state index contributed by atoms with van der Waals surface area (Å²) in [6.07, 6.45) is 3.35. The number of rotatable bonds is 2. The van der Waals surface area contributed by atoms with Crippen molar-refractivity contribution in [3.63, 3.8) is 0 Å². The van der Waals surface area contributed by atoms with Crippen molar-refractivity contribution in [3.05, 3.63) is 40.4 Å². The van der Waals surface area contributed by atoms with Gasteiger partial charge in [-0.25, -0.2) is 0 Å². The Kier molecular flexibility index (Phi) is 3.26. The van der Waals surface area contributed by atoms with Gasteiger partial charge in [0.15, 0.2) is 5.78 Å². The summed E-state index contributed by atoms with van der Waals surface area (Å²) in [6, 6.07) is 5.59. The van der Waals surface area contributed by atoms with E-state index in [0.29, 0.717) is 0 Å². The fraction of sp³-hybridized carbons (Fsp3) is 0.182. The van der Waals surface area contributed by atoms with Crippen LogP contribution in [0.2, 0.25) is 5.02 Å². The SMILES string of the molecule is CC(=O)/C=C/c1ccc(Cl)cc1C. The molecule has 2 heteroatoms. The average molecular weight is 195 g/mol. The van der Waals surface area contributed by atoms with Gasteiger partial charge in [-0.3, -0.25) is 4.79 Å². The summed E-state index contributed by atoms with van der Waals surface area (Å²) in [7, 11) is 0. The Morgan fingerprint density at radius 2 is 2.15 bits per heavy atom. The Bertz CT molecular complexity index is 353. The van der Waals surface area contributed by atoms with E-state index in [1.54, 1.807) is 12.2 Å². The van der Waals surface area contributed by atoms with Crippen LogP contribution in [0.25, 0.3) is 6.08 Å². The summed E-state index contributed by atoms with van der Waals surface area (Å²) in [5, 5.41) is 0.720. The third-order valence-corrected chi connectivity index (χ3v) is 1.96. The molecule has 0 N–H and O–H groups in total. The molecule has 0 heterocycles. The van der Waals surface area contributed by atoms with E-state index in [4.69, 9.17) is 11.6 Å². The monoisotopic (exact) mass is 194 g/mol. The van der Waals surface area contributed by atoms with Crippen LogP contribution in [-0.2, 0) is 4.79 Å². The fourth-order valence-electron chi connectivity index (χ4n) is 1.03. The van der Waals surface area contributed by atoms with E-state index in [2.05, 4.69) is 0 Å². The first-order chi connectivity index (χ1) is 6.09. The highest BCUT2D eigenvalue weighted by Crippen LogP contribution is 2.16. The van der Waals surface area contributed by atoms with Crippen LogP contribution in [0.4, 0.5) is 0 Å². The van der Waals surface area contributed by atoms with E-state index < -0.39 is 0 Å². The van der Waals surface area contributed by atoms with Gasteiger partial charge in [-0.15, -0.1) is 0 Å². The second-order valence-corrected chi connectivity index (χ2v) is 3.38. The molecule has 1 rings (SSSR count). The summed E-state index contributed by atoms with van der Waals surface area (Å²) in [4.78, 5) is 10.7. The normalized spacial score (nSPS) is 10.7. The van der Waals surface area contributed by atoms with E-state index in [1.807, 2.05) is 25.1 Å². The standard InChI is InChI=1S/C11H11ClO/c1-8-7-11(12)6-5-10(8)4-3-9(2)13/h3-7H,1-2H3/b4-3+. The van der Waals surface area contributed by atoms with Crippen LogP contribution in [0.15, 0.2) is 24.3 Å². The predicted molar refractivity (Wildman–Crippen MR) is 55.9 cm³/mol. The molecule has 0 unspecified atom stereocenters. The van der Waals surface area contributed by atoms with E-state index in [1.165, 1.54) is 6.92 Å². The number of benzene rings is 1. The molecule has 0 bridgehead atoms. The van der Waals surface area contributed by atoms with Crippen LogP contribution in [0, 0.1) is 6.92 Å². The van der Waals surface area contributed by atoms with Gasteiger partial charge in [0.05, 0.1) is 0 Å². The second-order valence-electron chi connectivity index (χ2n) is 2.94. The molecule has 0 fully saturated rings. The molecule has 0 atom stereocenters. The summed E-state index contributed by atoms with van der Waals surface area (Å²) < 4.78 is 0. The first kappa shape index (κ1) is 10.0. The minimum atomic E-state index is 0.0503. The Morgan fingerprint density at radius 3 is 2.69 bits per heavy atom. The van der Waals surface area contributed by atoms with Crippen LogP contribution < -0.4 is 0 Å². The zero-order chi connectivity index (χ0) is 9.84. The number of ketones is 1. The Labute approximate surface area is 83.0 Å². The van der Waals surface area contributed by atoms with E-state index in [-0.39, 0.29) is 5.78 Å². The van der Waals surface area contributed by atoms with Crippen molar-refractivity contribution in [2.24, 2.45) is 0 Å². The van der Waals surface area contributed by atoms with Gasteiger partial charge >= 0.3 is 0 Å². The third kappa shape index (κ3) is 3.03. The molecule has 0 spiro atoms. The lowest BCUT2D eigenvalue weighted by Gasteiger charge is -1.99. The van der Waals surface area contributed by atoms with Crippen LogP contribution in [-0.4, -0.2) is 5.78 Å². The highest BCUT2D eigenvalue weighted by Gasteiger charge is 1.95. The number of hydrogen-bond donors (Lipinski definition) is 0. The van der Waals surface area contributed by atoms with Crippen molar-refractivity contribution in [1.29, 1.82) is 0 Å². The molecule has 68 valence electrons.